The Kier molecular flexibility index (Phi) is 7.37. The number of nitrogens with one attached hydrogen (secondary N) is 1. The molecule has 0 spiro atoms. The van der Waals surface area contributed by atoms with Crippen LogP contribution in [0, 0.1) is 10.1 Å². The number of benzene rings is 2. The second-order valence-corrected chi connectivity index (χ2v) is 7.45. The fourth-order valence-electron chi connectivity index (χ4n) is 3.42. The van der Waals surface area contributed by atoms with Gasteiger partial charge >= 0.3 is 0 Å². The molecule has 0 bridgehead atoms. The lowest BCUT2D eigenvalue weighted by molar-refractivity contribution is -0.384. The van der Waals surface area contributed by atoms with Gasteiger partial charge in [-0.1, -0.05) is 12.1 Å². The highest BCUT2D eigenvalue weighted by Gasteiger charge is 2.16. The fourth-order valence-corrected chi connectivity index (χ4v) is 3.42. The van der Waals surface area contributed by atoms with Gasteiger partial charge in [0, 0.05) is 55.6 Å². The van der Waals surface area contributed by atoms with Crippen LogP contribution in [0.15, 0.2) is 48.5 Å². The first-order valence-corrected chi connectivity index (χ1v) is 10.1. The molecule has 1 N–H and O–H groups in total. The molecule has 2 aromatic rings. The molecule has 1 aliphatic heterocycles. The minimum atomic E-state index is -0.395. The Morgan fingerprint density at radius 3 is 2.60 bits per heavy atom. The lowest BCUT2D eigenvalue weighted by atomic mass is 10.1. The number of hydrogen-bond acceptors (Lipinski definition) is 6. The molecule has 0 aromatic heterocycles. The highest BCUT2D eigenvalue weighted by Crippen LogP contribution is 2.23. The van der Waals surface area contributed by atoms with E-state index in [0.717, 1.165) is 43.2 Å². The smallest absolute Gasteiger partial charge is 0.269 e. The summed E-state index contributed by atoms with van der Waals surface area (Å²) in [6, 6.07) is 14.4. The van der Waals surface area contributed by atoms with Crippen molar-refractivity contribution < 1.29 is 14.5 Å². The van der Waals surface area contributed by atoms with Gasteiger partial charge in [0.05, 0.1) is 18.1 Å². The number of amides is 1. The Bertz CT molecular complexity index is 866. The largest absolute Gasteiger partial charge is 0.378 e. The molecular weight excluding hydrogens is 384 g/mol. The van der Waals surface area contributed by atoms with Crippen LogP contribution in [0.25, 0.3) is 0 Å². The summed E-state index contributed by atoms with van der Waals surface area (Å²) in [6.45, 7) is 5.74. The van der Waals surface area contributed by atoms with Crippen molar-refractivity contribution in [3.8, 4) is 0 Å². The normalized spacial score (nSPS) is 15.1. The number of carbonyl (C=O) groups excluding carboxylic acids is 1. The molecule has 0 saturated carbocycles. The van der Waals surface area contributed by atoms with Crippen molar-refractivity contribution in [3.63, 3.8) is 0 Å². The number of non-ortho nitro benzene ring substituents is 1. The van der Waals surface area contributed by atoms with Crippen molar-refractivity contribution in [3.05, 3.63) is 64.2 Å². The molecule has 1 aliphatic rings. The van der Waals surface area contributed by atoms with Crippen molar-refractivity contribution in [2.75, 3.05) is 50.1 Å². The number of anilines is 2. The molecule has 8 heteroatoms. The number of nitrogens with zero attached hydrogens (tertiary/aromatic N) is 3. The van der Waals surface area contributed by atoms with Crippen LogP contribution in [0.2, 0.25) is 0 Å². The van der Waals surface area contributed by atoms with Crippen LogP contribution >= 0.6 is 0 Å². The highest BCUT2D eigenvalue weighted by molar-refractivity contribution is 5.91. The van der Waals surface area contributed by atoms with Gasteiger partial charge in [0.1, 0.15) is 0 Å². The standard InChI is InChI=1S/C22H28N4O4/c1-17(18-4-3-5-21(16-18)26(28)29)24(2)11-10-22(27)23-19-6-8-20(9-7-19)25-12-14-30-15-13-25/h3-9,16-17H,10-15H2,1-2H3,(H,23,27). The third-order valence-electron chi connectivity index (χ3n) is 5.44. The summed E-state index contributed by atoms with van der Waals surface area (Å²) in [6.07, 6.45) is 0.334. The van der Waals surface area contributed by atoms with Gasteiger partial charge in [0.25, 0.3) is 5.69 Å². The number of morpholine rings is 1. The lowest BCUT2D eigenvalue weighted by Crippen LogP contribution is -2.36. The molecule has 1 amide bonds. The van der Waals surface area contributed by atoms with Crippen LogP contribution in [0.4, 0.5) is 17.1 Å². The van der Waals surface area contributed by atoms with Gasteiger partial charge in [-0.25, -0.2) is 0 Å². The van der Waals surface area contributed by atoms with E-state index in [1.807, 2.05) is 49.2 Å². The second kappa shape index (κ2) is 10.2. The average Bonchev–Trinajstić information content (AvgIpc) is 2.78. The van der Waals surface area contributed by atoms with Crippen molar-refractivity contribution in [1.82, 2.24) is 4.90 Å². The predicted octanol–water partition coefficient (Wildman–Crippen LogP) is 3.45. The van der Waals surface area contributed by atoms with Crippen molar-refractivity contribution >= 4 is 23.0 Å². The van der Waals surface area contributed by atoms with Crippen molar-refractivity contribution in [2.24, 2.45) is 0 Å². The summed E-state index contributed by atoms with van der Waals surface area (Å²) in [7, 11) is 1.91. The molecule has 0 aliphatic carbocycles. The minimum Gasteiger partial charge on any atom is -0.378 e. The van der Waals surface area contributed by atoms with Crippen LogP contribution in [0.1, 0.15) is 24.9 Å². The Morgan fingerprint density at radius 1 is 1.23 bits per heavy atom. The van der Waals surface area contributed by atoms with Gasteiger partial charge in [0.2, 0.25) is 5.91 Å². The van der Waals surface area contributed by atoms with E-state index in [0.29, 0.717) is 13.0 Å². The molecule has 30 heavy (non-hydrogen) atoms. The maximum absolute atomic E-state index is 12.4. The van der Waals surface area contributed by atoms with Gasteiger partial charge in [0.15, 0.2) is 0 Å². The molecule has 3 rings (SSSR count). The molecule has 1 unspecified atom stereocenters. The number of hydrogen-bond donors (Lipinski definition) is 1. The van der Waals surface area contributed by atoms with Crippen LogP contribution < -0.4 is 10.2 Å². The molecule has 1 heterocycles. The summed E-state index contributed by atoms with van der Waals surface area (Å²) in [5, 5.41) is 13.9. The van der Waals surface area contributed by atoms with Crippen molar-refractivity contribution in [2.45, 2.75) is 19.4 Å². The van der Waals surface area contributed by atoms with E-state index in [4.69, 9.17) is 4.74 Å². The third-order valence-corrected chi connectivity index (χ3v) is 5.44. The number of rotatable bonds is 8. The molecule has 1 atom stereocenters. The number of carbonyl (C=O) groups is 1. The highest BCUT2D eigenvalue weighted by atomic mass is 16.6. The summed E-state index contributed by atoms with van der Waals surface area (Å²) >= 11 is 0. The van der Waals surface area contributed by atoms with E-state index in [-0.39, 0.29) is 17.6 Å². The average molecular weight is 412 g/mol. The Hall–Kier alpha value is -2.97. The maximum Gasteiger partial charge on any atom is 0.269 e. The quantitative estimate of drug-likeness (QED) is 0.528. The summed E-state index contributed by atoms with van der Waals surface area (Å²) in [5.41, 5.74) is 2.82. The summed E-state index contributed by atoms with van der Waals surface area (Å²) in [4.78, 5) is 27.2. The summed E-state index contributed by atoms with van der Waals surface area (Å²) in [5.74, 6) is -0.0628. The predicted molar refractivity (Wildman–Crippen MR) is 117 cm³/mol. The number of nitro groups is 1. The second-order valence-electron chi connectivity index (χ2n) is 7.45. The number of ether oxygens (including phenoxy) is 1. The minimum absolute atomic E-state index is 0.0366. The number of nitro benzene ring substituents is 1. The lowest BCUT2D eigenvalue weighted by Gasteiger charge is -2.29. The first kappa shape index (κ1) is 21.7. The van der Waals surface area contributed by atoms with Gasteiger partial charge in [-0.3, -0.25) is 19.8 Å². The van der Waals surface area contributed by atoms with Crippen LogP contribution in [-0.2, 0) is 9.53 Å². The van der Waals surface area contributed by atoms with Crippen LogP contribution in [0.3, 0.4) is 0 Å². The monoisotopic (exact) mass is 412 g/mol. The topological polar surface area (TPSA) is 88.0 Å². The van der Waals surface area contributed by atoms with Crippen molar-refractivity contribution in [1.29, 1.82) is 0 Å². The zero-order valence-corrected chi connectivity index (χ0v) is 17.4. The molecule has 1 saturated heterocycles. The van der Waals surface area contributed by atoms with Crippen LogP contribution in [0.5, 0.6) is 0 Å². The third kappa shape index (κ3) is 5.77. The summed E-state index contributed by atoms with van der Waals surface area (Å²) < 4.78 is 5.37. The zero-order valence-electron chi connectivity index (χ0n) is 17.4. The Labute approximate surface area is 176 Å². The molecule has 8 nitrogen and oxygen atoms in total. The molecule has 2 aromatic carbocycles. The van der Waals surface area contributed by atoms with E-state index in [2.05, 4.69) is 10.2 Å². The van der Waals surface area contributed by atoms with Gasteiger partial charge < -0.3 is 15.0 Å². The van der Waals surface area contributed by atoms with E-state index < -0.39 is 4.92 Å². The van der Waals surface area contributed by atoms with Gasteiger partial charge in [-0.05, 0) is 43.8 Å². The zero-order chi connectivity index (χ0) is 21.5. The van der Waals surface area contributed by atoms with E-state index in [1.54, 1.807) is 12.1 Å². The SMILES string of the molecule is CC(c1cccc([N+](=O)[O-])c1)N(C)CCC(=O)Nc1ccc(N2CCOCC2)cc1. The van der Waals surface area contributed by atoms with Crippen LogP contribution in [-0.4, -0.2) is 55.6 Å². The first-order chi connectivity index (χ1) is 14.4. The van der Waals surface area contributed by atoms with E-state index in [9.17, 15) is 14.9 Å². The molecule has 160 valence electrons. The van der Waals surface area contributed by atoms with E-state index in [1.165, 1.54) is 6.07 Å². The fraction of sp³-hybridized carbons (Fsp3) is 0.409. The molecule has 0 radical (unpaired) electrons. The van der Waals surface area contributed by atoms with Gasteiger partial charge in [-0.2, -0.15) is 0 Å². The molecular formula is C22H28N4O4. The first-order valence-electron chi connectivity index (χ1n) is 10.1. The molecule has 1 fully saturated rings. The Morgan fingerprint density at radius 2 is 1.93 bits per heavy atom. The Balaban J connectivity index is 1.49. The van der Waals surface area contributed by atoms with Gasteiger partial charge in [-0.15, -0.1) is 0 Å². The maximum atomic E-state index is 12.4. The van der Waals surface area contributed by atoms with E-state index >= 15 is 0 Å².